The van der Waals surface area contributed by atoms with Gasteiger partial charge >= 0.3 is 0 Å². The fraction of sp³-hybridized carbons (Fsp3) is 0.636. The fourth-order valence-electron chi connectivity index (χ4n) is 1.37. The summed E-state index contributed by atoms with van der Waals surface area (Å²) >= 11 is 1.88. The van der Waals surface area contributed by atoms with Crippen LogP contribution in [0.4, 0.5) is 0 Å². The van der Waals surface area contributed by atoms with E-state index in [0.29, 0.717) is 6.04 Å². The van der Waals surface area contributed by atoms with Gasteiger partial charge in [-0.3, -0.25) is 0 Å². The highest BCUT2D eigenvalue weighted by Gasteiger charge is 2.04. The maximum absolute atomic E-state index is 4.36. The molecule has 4 heteroatoms. The Hall–Kier alpha value is -0.610. The molecule has 3 nitrogen and oxygen atoms in total. The molecule has 1 aromatic heterocycles. The van der Waals surface area contributed by atoms with Crippen molar-refractivity contribution in [2.75, 3.05) is 12.0 Å². The third-order valence-electron chi connectivity index (χ3n) is 2.27. The second-order valence-electron chi connectivity index (χ2n) is 3.54. The van der Waals surface area contributed by atoms with E-state index in [-0.39, 0.29) is 0 Å². The minimum absolute atomic E-state index is 0.579. The van der Waals surface area contributed by atoms with Gasteiger partial charge < -0.3 is 5.32 Å². The number of hydrogen-bond acceptors (Lipinski definition) is 4. The van der Waals surface area contributed by atoms with Crippen LogP contribution < -0.4 is 5.32 Å². The summed E-state index contributed by atoms with van der Waals surface area (Å²) in [6.07, 6.45) is 5.11. The zero-order valence-corrected chi connectivity index (χ0v) is 10.5. The zero-order valence-electron chi connectivity index (χ0n) is 9.66. The third-order valence-corrected chi connectivity index (χ3v) is 3.00. The molecule has 84 valence electrons. The molecule has 15 heavy (non-hydrogen) atoms. The van der Waals surface area contributed by atoms with Crippen LogP contribution in [0.3, 0.4) is 0 Å². The van der Waals surface area contributed by atoms with E-state index < -0.39 is 0 Å². The molecule has 1 atom stereocenters. The summed E-state index contributed by atoms with van der Waals surface area (Å²) in [6, 6.07) is 2.54. The molecule has 1 N–H and O–H groups in total. The predicted molar refractivity (Wildman–Crippen MR) is 66.1 cm³/mol. The quantitative estimate of drug-likeness (QED) is 0.804. The van der Waals surface area contributed by atoms with Crippen LogP contribution >= 0.6 is 11.8 Å². The van der Waals surface area contributed by atoms with E-state index in [1.54, 1.807) is 0 Å². The monoisotopic (exact) mass is 225 g/mol. The molecule has 0 spiro atoms. The number of nitrogens with one attached hydrogen (secondary N) is 1. The van der Waals surface area contributed by atoms with E-state index in [2.05, 4.69) is 28.5 Å². The van der Waals surface area contributed by atoms with Gasteiger partial charge in [-0.05, 0) is 25.7 Å². The van der Waals surface area contributed by atoms with Crippen molar-refractivity contribution in [2.24, 2.45) is 0 Å². The normalized spacial score (nSPS) is 12.7. The average molecular weight is 225 g/mol. The smallest absolute Gasteiger partial charge is 0.125 e. The molecule has 0 bridgehead atoms. The van der Waals surface area contributed by atoms with Gasteiger partial charge in [-0.15, -0.1) is 0 Å². The first kappa shape index (κ1) is 12.5. The molecule has 0 aliphatic heterocycles. The van der Waals surface area contributed by atoms with Crippen LogP contribution in [0.1, 0.15) is 24.9 Å². The summed E-state index contributed by atoms with van der Waals surface area (Å²) in [5, 5.41) is 3.50. The van der Waals surface area contributed by atoms with Crippen LogP contribution in [0.15, 0.2) is 12.3 Å². The minimum Gasteiger partial charge on any atom is -0.308 e. The summed E-state index contributed by atoms with van der Waals surface area (Å²) in [5.41, 5.74) is 1.07. The van der Waals surface area contributed by atoms with Gasteiger partial charge in [0, 0.05) is 24.5 Å². The van der Waals surface area contributed by atoms with Gasteiger partial charge in [0.25, 0.3) is 0 Å². The number of nitrogens with zero attached hydrogens (tertiary/aromatic N) is 2. The van der Waals surface area contributed by atoms with Crippen LogP contribution in [0.2, 0.25) is 0 Å². The molecular formula is C11H19N3S. The molecule has 0 saturated heterocycles. The molecule has 0 aliphatic carbocycles. The molecule has 0 saturated carbocycles. The standard InChI is InChI=1S/C11H19N3S/c1-4-10(8-15-3)13-7-11-5-6-12-9(2)14-11/h5-6,10,13H,4,7-8H2,1-3H3. The maximum atomic E-state index is 4.36. The molecule has 0 amide bonds. The topological polar surface area (TPSA) is 37.8 Å². The molecule has 1 rings (SSSR count). The Labute approximate surface area is 96.1 Å². The molecule has 1 aromatic rings. The van der Waals surface area contributed by atoms with Crippen LogP contribution in [0, 0.1) is 6.92 Å². The second-order valence-corrected chi connectivity index (χ2v) is 4.45. The van der Waals surface area contributed by atoms with Crippen LogP contribution in [0.5, 0.6) is 0 Å². The minimum atomic E-state index is 0.579. The highest BCUT2D eigenvalue weighted by molar-refractivity contribution is 7.98. The van der Waals surface area contributed by atoms with E-state index >= 15 is 0 Å². The molecular weight excluding hydrogens is 206 g/mol. The Morgan fingerprint density at radius 3 is 2.93 bits per heavy atom. The van der Waals surface area contributed by atoms with Gasteiger partial charge in [-0.25, -0.2) is 9.97 Å². The maximum Gasteiger partial charge on any atom is 0.125 e. The van der Waals surface area contributed by atoms with E-state index in [1.807, 2.05) is 30.9 Å². The molecule has 1 unspecified atom stereocenters. The zero-order chi connectivity index (χ0) is 11.1. The van der Waals surface area contributed by atoms with Crippen molar-refractivity contribution in [1.82, 2.24) is 15.3 Å². The summed E-state index contributed by atoms with van der Waals surface area (Å²) in [6.45, 7) is 4.96. The van der Waals surface area contributed by atoms with Crippen LogP contribution in [0.25, 0.3) is 0 Å². The van der Waals surface area contributed by atoms with Gasteiger partial charge in [0.15, 0.2) is 0 Å². The summed E-state index contributed by atoms with van der Waals surface area (Å²) in [7, 11) is 0. The lowest BCUT2D eigenvalue weighted by atomic mass is 10.2. The van der Waals surface area contributed by atoms with E-state index in [4.69, 9.17) is 0 Å². The predicted octanol–water partition coefficient (Wildman–Crippen LogP) is 2.02. The lowest BCUT2D eigenvalue weighted by molar-refractivity contribution is 0.535. The molecule has 0 radical (unpaired) electrons. The van der Waals surface area contributed by atoms with E-state index in [0.717, 1.165) is 30.2 Å². The van der Waals surface area contributed by atoms with Crippen molar-refractivity contribution in [1.29, 1.82) is 0 Å². The highest BCUT2D eigenvalue weighted by Crippen LogP contribution is 2.02. The Morgan fingerprint density at radius 2 is 2.33 bits per heavy atom. The molecule has 0 fully saturated rings. The van der Waals surface area contributed by atoms with Gasteiger partial charge in [0.1, 0.15) is 5.82 Å². The number of rotatable bonds is 6. The second kappa shape index (κ2) is 6.80. The first-order valence-corrected chi connectivity index (χ1v) is 6.66. The van der Waals surface area contributed by atoms with Gasteiger partial charge in [0.2, 0.25) is 0 Å². The molecule has 0 aliphatic rings. The third kappa shape index (κ3) is 4.62. The van der Waals surface area contributed by atoms with Crippen molar-refractivity contribution in [3.63, 3.8) is 0 Å². The first-order chi connectivity index (χ1) is 7.26. The number of aromatic nitrogens is 2. The van der Waals surface area contributed by atoms with Crippen molar-refractivity contribution in [3.8, 4) is 0 Å². The van der Waals surface area contributed by atoms with Crippen molar-refractivity contribution in [3.05, 3.63) is 23.8 Å². The largest absolute Gasteiger partial charge is 0.308 e. The van der Waals surface area contributed by atoms with E-state index in [9.17, 15) is 0 Å². The SMILES string of the molecule is CCC(CSC)NCc1ccnc(C)n1. The fourth-order valence-corrected chi connectivity index (χ4v) is 2.13. The van der Waals surface area contributed by atoms with Gasteiger partial charge in [-0.2, -0.15) is 11.8 Å². The number of aryl methyl sites for hydroxylation is 1. The summed E-state index contributed by atoms with van der Waals surface area (Å²) < 4.78 is 0. The average Bonchev–Trinajstić information content (AvgIpc) is 2.24. The Kier molecular flexibility index (Phi) is 5.65. The Bertz CT molecular complexity index is 291. The summed E-state index contributed by atoms with van der Waals surface area (Å²) in [5.74, 6) is 1.99. The number of hydrogen-bond donors (Lipinski definition) is 1. The van der Waals surface area contributed by atoms with Crippen molar-refractivity contribution in [2.45, 2.75) is 32.9 Å². The van der Waals surface area contributed by atoms with Crippen LogP contribution in [-0.4, -0.2) is 28.0 Å². The van der Waals surface area contributed by atoms with Crippen molar-refractivity contribution >= 4 is 11.8 Å². The van der Waals surface area contributed by atoms with Crippen molar-refractivity contribution < 1.29 is 0 Å². The van der Waals surface area contributed by atoms with Gasteiger partial charge in [-0.1, -0.05) is 6.92 Å². The number of thioether (sulfide) groups is 1. The van der Waals surface area contributed by atoms with Crippen LogP contribution in [-0.2, 0) is 6.54 Å². The lowest BCUT2D eigenvalue weighted by Gasteiger charge is -2.15. The molecule has 1 heterocycles. The lowest BCUT2D eigenvalue weighted by Crippen LogP contribution is -2.30. The Balaban J connectivity index is 2.41. The van der Waals surface area contributed by atoms with E-state index in [1.165, 1.54) is 0 Å². The highest BCUT2D eigenvalue weighted by atomic mass is 32.2. The first-order valence-electron chi connectivity index (χ1n) is 5.27. The summed E-state index contributed by atoms with van der Waals surface area (Å²) in [4.78, 5) is 8.44. The Morgan fingerprint density at radius 1 is 1.53 bits per heavy atom. The molecule has 0 aromatic carbocycles. The van der Waals surface area contributed by atoms with Gasteiger partial charge in [0.05, 0.1) is 5.69 Å².